The van der Waals surface area contributed by atoms with Crippen molar-refractivity contribution in [3.63, 3.8) is 0 Å². The zero-order valence-electron chi connectivity index (χ0n) is 11.5. The third kappa shape index (κ3) is 3.97. The van der Waals surface area contributed by atoms with E-state index in [1.807, 2.05) is 31.2 Å². The maximum absolute atomic E-state index is 11.3. The summed E-state index contributed by atoms with van der Waals surface area (Å²) in [5.41, 5.74) is 7.35. The van der Waals surface area contributed by atoms with E-state index in [9.17, 15) is 9.90 Å². The van der Waals surface area contributed by atoms with E-state index in [-0.39, 0.29) is 17.9 Å². The smallest absolute Gasteiger partial charge is 0.252 e. The molecule has 0 aliphatic heterocycles. The molecule has 2 rings (SSSR count). The van der Waals surface area contributed by atoms with E-state index in [2.05, 4.69) is 0 Å². The van der Waals surface area contributed by atoms with Gasteiger partial charge in [0.1, 0.15) is 18.5 Å². The molecule has 1 amide bonds. The monoisotopic (exact) mass is 305 g/mol. The van der Waals surface area contributed by atoms with E-state index in [1.54, 1.807) is 6.07 Å². The highest BCUT2D eigenvalue weighted by Gasteiger charge is 2.13. The van der Waals surface area contributed by atoms with Gasteiger partial charge in [-0.2, -0.15) is 0 Å². The first-order valence-electron chi connectivity index (χ1n) is 6.44. The Kier molecular flexibility index (Phi) is 4.83. The molecule has 0 aliphatic carbocycles. The van der Waals surface area contributed by atoms with Gasteiger partial charge in [-0.1, -0.05) is 41.4 Å². The van der Waals surface area contributed by atoms with Crippen LogP contribution in [0, 0.1) is 6.92 Å². The molecule has 1 atom stereocenters. The van der Waals surface area contributed by atoms with Crippen molar-refractivity contribution in [2.45, 2.75) is 13.0 Å². The van der Waals surface area contributed by atoms with Gasteiger partial charge in [0, 0.05) is 5.02 Å². The normalized spacial score (nSPS) is 12.0. The fourth-order valence-electron chi connectivity index (χ4n) is 1.87. The van der Waals surface area contributed by atoms with Crippen LogP contribution in [0.3, 0.4) is 0 Å². The minimum absolute atomic E-state index is 0.00365. The van der Waals surface area contributed by atoms with Crippen LogP contribution in [-0.4, -0.2) is 17.6 Å². The van der Waals surface area contributed by atoms with Crippen molar-refractivity contribution in [3.8, 4) is 5.75 Å². The summed E-state index contributed by atoms with van der Waals surface area (Å²) in [5, 5.41) is 10.5. The lowest BCUT2D eigenvalue weighted by Crippen LogP contribution is -2.15. The van der Waals surface area contributed by atoms with Crippen LogP contribution in [0.1, 0.15) is 27.6 Å². The molecule has 0 aromatic heterocycles. The zero-order valence-corrected chi connectivity index (χ0v) is 12.3. The van der Waals surface area contributed by atoms with Crippen LogP contribution in [0.4, 0.5) is 0 Å². The molecule has 0 aliphatic rings. The highest BCUT2D eigenvalue weighted by Crippen LogP contribution is 2.24. The van der Waals surface area contributed by atoms with Crippen LogP contribution >= 0.6 is 11.6 Å². The summed E-state index contributed by atoms with van der Waals surface area (Å²) in [7, 11) is 0. The van der Waals surface area contributed by atoms with Crippen molar-refractivity contribution >= 4 is 17.5 Å². The molecule has 0 saturated heterocycles. The largest absolute Gasteiger partial charge is 0.490 e. The summed E-state index contributed by atoms with van der Waals surface area (Å²) in [5.74, 6) is -0.340. The van der Waals surface area contributed by atoms with Gasteiger partial charge >= 0.3 is 0 Å². The number of aliphatic hydroxyl groups is 1. The molecule has 0 heterocycles. The molecule has 110 valence electrons. The lowest BCUT2D eigenvalue weighted by molar-refractivity contribution is 0.0967. The van der Waals surface area contributed by atoms with Gasteiger partial charge in [0.15, 0.2) is 0 Å². The van der Waals surface area contributed by atoms with Crippen molar-refractivity contribution in [2.24, 2.45) is 5.73 Å². The quantitative estimate of drug-likeness (QED) is 0.892. The van der Waals surface area contributed by atoms with Crippen molar-refractivity contribution in [2.75, 3.05) is 6.61 Å². The summed E-state index contributed by atoms with van der Waals surface area (Å²) in [6.45, 7) is 1.97. The molecule has 2 aromatic carbocycles. The molecule has 21 heavy (non-hydrogen) atoms. The van der Waals surface area contributed by atoms with E-state index in [1.165, 1.54) is 12.1 Å². The van der Waals surface area contributed by atoms with Crippen LogP contribution in [-0.2, 0) is 0 Å². The van der Waals surface area contributed by atoms with Crippen LogP contribution in [0.5, 0.6) is 5.75 Å². The van der Waals surface area contributed by atoms with Gasteiger partial charge < -0.3 is 15.6 Å². The number of hydrogen-bond donors (Lipinski definition) is 2. The number of primary amides is 1. The summed E-state index contributed by atoms with van der Waals surface area (Å²) in [6, 6.07) is 12.0. The van der Waals surface area contributed by atoms with Gasteiger partial charge in [0.25, 0.3) is 5.91 Å². The first-order valence-corrected chi connectivity index (χ1v) is 6.82. The van der Waals surface area contributed by atoms with E-state index in [4.69, 9.17) is 22.1 Å². The number of nitrogens with two attached hydrogens (primary N) is 1. The number of aliphatic hydroxyl groups excluding tert-OH is 1. The third-order valence-electron chi connectivity index (χ3n) is 3.07. The Labute approximate surface area is 128 Å². The van der Waals surface area contributed by atoms with E-state index < -0.39 is 12.0 Å². The standard InChI is InChI=1S/C16H16ClNO3/c1-10-2-4-11(5-3-10)14(19)9-21-15-8-12(17)6-7-13(15)16(18)20/h2-8,14,19H,9H2,1H3,(H2,18,20). The fourth-order valence-corrected chi connectivity index (χ4v) is 2.03. The van der Waals surface area contributed by atoms with Crippen LogP contribution < -0.4 is 10.5 Å². The summed E-state index contributed by atoms with van der Waals surface area (Å²) >= 11 is 5.88. The molecule has 0 radical (unpaired) electrons. The number of rotatable bonds is 5. The fraction of sp³-hybridized carbons (Fsp3) is 0.188. The molecule has 0 spiro atoms. The average molecular weight is 306 g/mol. The topological polar surface area (TPSA) is 72.6 Å². The number of carbonyl (C=O) groups excluding carboxylic acids is 1. The second kappa shape index (κ2) is 6.61. The number of amides is 1. The predicted octanol–water partition coefficient (Wildman–Crippen LogP) is 2.86. The average Bonchev–Trinajstić information content (AvgIpc) is 2.45. The van der Waals surface area contributed by atoms with Gasteiger partial charge in [-0.25, -0.2) is 0 Å². The number of carbonyl (C=O) groups is 1. The summed E-state index contributed by atoms with van der Waals surface area (Å²) < 4.78 is 5.49. The molecular weight excluding hydrogens is 290 g/mol. The van der Waals surface area contributed by atoms with Crippen molar-refractivity contribution in [1.82, 2.24) is 0 Å². The number of aryl methyl sites for hydroxylation is 1. The predicted molar refractivity (Wildman–Crippen MR) is 81.6 cm³/mol. The molecule has 4 nitrogen and oxygen atoms in total. The van der Waals surface area contributed by atoms with Crippen molar-refractivity contribution in [3.05, 3.63) is 64.2 Å². The molecule has 5 heteroatoms. The molecule has 0 fully saturated rings. The number of benzene rings is 2. The van der Waals surface area contributed by atoms with Gasteiger partial charge in [0.05, 0.1) is 5.56 Å². The summed E-state index contributed by atoms with van der Waals surface area (Å²) in [4.78, 5) is 11.3. The third-order valence-corrected chi connectivity index (χ3v) is 3.30. The lowest BCUT2D eigenvalue weighted by Gasteiger charge is -2.14. The minimum Gasteiger partial charge on any atom is -0.490 e. The molecule has 0 saturated carbocycles. The highest BCUT2D eigenvalue weighted by molar-refractivity contribution is 6.30. The Morgan fingerprint density at radius 2 is 1.95 bits per heavy atom. The summed E-state index contributed by atoms with van der Waals surface area (Å²) in [6.07, 6.45) is -0.801. The van der Waals surface area contributed by atoms with Crippen molar-refractivity contribution in [1.29, 1.82) is 0 Å². The van der Waals surface area contributed by atoms with Gasteiger partial charge in [-0.05, 0) is 30.7 Å². The maximum atomic E-state index is 11.3. The van der Waals surface area contributed by atoms with Crippen molar-refractivity contribution < 1.29 is 14.6 Å². The van der Waals surface area contributed by atoms with Gasteiger partial charge in [-0.15, -0.1) is 0 Å². The Morgan fingerprint density at radius 1 is 1.29 bits per heavy atom. The number of ether oxygens (including phenoxy) is 1. The number of halogens is 1. The van der Waals surface area contributed by atoms with E-state index >= 15 is 0 Å². The van der Waals surface area contributed by atoms with Crippen LogP contribution in [0.25, 0.3) is 0 Å². The Bertz CT molecular complexity index is 640. The second-order valence-corrected chi connectivity index (χ2v) is 5.18. The molecule has 3 N–H and O–H groups in total. The highest BCUT2D eigenvalue weighted by atomic mass is 35.5. The Balaban J connectivity index is 2.10. The minimum atomic E-state index is -0.801. The number of hydrogen-bond acceptors (Lipinski definition) is 3. The molecule has 1 unspecified atom stereocenters. The lowest BCUT2D eigenvalue weighted by atomic mass is 10.1. The Morgan fingerprint density at radius 3 is 2.57 bits per heavy atom. The zero-order chi connectivity index (χ0) is 15.4. The van der Waals surface area contributed by atoms with Gasteiger partial charge in [0.2, 0.25) is 0 Å². The van der Waals surface area contributed by atoms with Crippen LogP contribution in [0.2, 0.25) is 5.02 Å². The first-order chi connectivity index (χ1) is 9.97. The maximum Gasteiger partial charge on any atom is 0.252 e. The first kappa shape index (κ1) is 15.4. The Hall–Kier alpha value is -2.04. The molecule has 0 bridgehead atoms. The van der Waals surface area contributed by atoms with Crippen LogP contribution in [0.15, 0.2) is 42.5 Å². The van der Waals surface area contributed by atoms with Gasteiger partial charge in [-0.3, -0.25) is 4.79 Å². The molecular formula is C16H16ClNO3. The molecule has 2 aromatic rings. The van der Waals surface area contributed by atoms with E-state index in [0.29, 0.717) is 5.02 Å². The SMILES string of the molecule is Cc1ccc(C(O)COc2cc(Cl)ccc2C(N)=O)cc1. The van der Waals surface area contributed by atoms with E-state index in [0.717, 1.165) is 11.1 Å². The second-order valence-electron chi connectivity index (χ2n) is 4.74.